The molecule has 0 atom stereocenters. The second-order valence-corrected chi connectivity index (χ2v) is 22.7. The third-order valence-electron chi connectivity index (χ3n) is 14.8. The summed E-state index contributed by atoms with van der Waals surface area (Å²) in [4.78, 5) is 13.9. The monoisotopic (exact) mass is 1040 g/mol. The van der Waals surface area contributed by atoms with Gasteiger partial charge in [-0.05, 0) is 105 Å². The lowest BCUT2D eigenvalue weighted by Crippen LogP contribution is -2.30. The highest BCUT2D eigenvalue weighted by Gasteiger charge is 2.25. The predicted octanol–water partition coefficient (Wildman–Crippen LogP) is 16.5. The smallest absolute Gasteiger partial charge is 0.230 e. The van der Waals surface area contributed by atoms with Crippen molar-refractivity contribution in [1.82, 2.24) is 15.0 Å². The van der Waals surface area contributed by atoms with Crippen molar-refractivity contribution < 1.29 is 17.8 Å². The van der Waals surface area contributed by atoms with E-state index >= 15 is 0 Å². The summed E-state index contributed by atoms with van der Waals surface area (Å²) < 4.78 is 37.3. The Bertz CT molecular complexity index is 4740. The largest absolute Gasteiger partial charge is 0.256 e. The maximum absolute atomic E-state index is 7.69. The Morgan fingerprint density at radius 2 is 0.842 bits per heavy atom. The summed E-state index contributed by atoms with van der Waals surface area (Å²) in [5, 5.41) is 11.1. The minimum absolute atomic E-state index is 0.375. The number of rotatable bonds is 3. The van der Waals surface area contributed by atoms with Crippen LogP contribution in [0.25, 0.3) is 127 Å². The van der Waals surface area contributed by atoms with E-state index in [-0.39, 0.29) is 0 Å². The third-order valence-corrected chi connectivity index (χ3v) is 18.3. The van der Waals surface area contributed by atoms with Crippen LogP contribution in [0.2, 0.25) is 0 Å². The molecule has 0 unspecified atom stereocenters. The Hall–Kier alpha value is -8.34. The van der Waals surface area contributed by atoms with Gasteiger partial charge in [-0.1, -0.05) is 84.4 Å². The van der Waals surface area contributed by atoms with Gasteiger partial charge in [0.1, 0.15) is 35.2 Å². The first-order valence-corrected chi connectivity index (χ1v) is 27.8. The van der Waals surface area contributed by atoms with Crippen molar-refractivity contribution in [2.75, 3.05) is 0 Å². The summed E-state index contributed by atoms with van der Waals surface area (Å²) in [6.07, 6.45) is 12.0. The Kier molecular flexibility index (Phi) is 11.1. The molecule has 0 fully saturated rings. The van der Waals surface area contributed by atoms with Gasteiger partial charge in [-0.25, -0.2) is 0 Å². The van der Waals surface area contributed by atoms with Crippen molar-refractivity contribution in [2.45, 2.75) is 27.6 Å². The minimum atomic E-state index is -2.10. The molecule has 0 N–H and O–H groups in total. The highest BCUT2D eigenvalue weighted by molar-refractivity contribution is 7.27. The fourth-order valence-corrected chi connectivity index (χ4v) is 15.0. The first-order chi connectivity index (χ1) is 38.3. The molecular formula is C67H53N6S3+3. The number of benzene rings is 6. The topological polar surface area (TPSA) is 50.3 Å². The number of aryl methyl sites for hydroxylation is 7. The normalized spacial score (nSPS) is 12.4. The fourth-order valence-electron chi connectivity index (χ4n) is 11.1. The Morgan fingerprint density at radius 3 is 1.34 bits per heavy atom. The van der Waals surface area contributed by atoms with Crippen molar-refractivity contribution in [3.63, 3.8) is 0 Å². The number of hydrogen-bond donors (Lipinski definition) is 0. The quantitative estimate of drug-likeness (QED) is 0.166. The molecule has 0 aliphatic rings. The molecule has 0 aliphatic carbocycles. The predicted molar refractivity (Wildman–Crippen MR) is 323 cm³/mol. The molecule has 0 aliphatic heterocycles. The fraction of sp³-hybridized carbons (Fsp3) is 0.104. The van der Waals surface area contributed by atoms with E-state index in [0.717, 1.165) is 38.8 Å². The lowest BCUT2D eigenvalue weighted by Gasteiger charge is -2.06. The first-order valence-electron chi connectivity index (χ1n) is 26.8. The molecule has 9 aromatic heterocycles. The van der Waals surface area contributed by atoms with Crippen LogP contribution < -0.4 is 13.7 Å². The molecule has 0 saturated heterocycles. The maximum Gasteiger partial charge on any atom is 0.230 e. The van der Waals surface area contributed by atoms with Crippen LogP contribution in [0.4, 0.5) is 0 Å². The van der Waals surface area contributed by atoms with Crippen LogP contribution in [-0.2, 0) is 21.1 Å². The minimum Gasteiger partial charge on any atom is -0.256 e. The summed E-state index contributed by atoms with van der Waals surface area (Å²) in [6, 6.07) is 54.7. The van der Waals surface area contributed by atoms with Crippen LogP contribution in [0.1, 0.15) is 26.4 Å². The molecule has 0 amide bonds. The number of aromatic nitrogens is 6. The zero-order valence-electron chi connectivity index (χ0n) is 45.9. The standard InChI is InChI=1S/C23H19N2S.2C22H17N2S/c1-14-6-8-17(15(2)13-14)22-23-18(10-12-25(22)3)20-19(26-23)9-7-16-5-4-11-24-21(16)20;1-14-6-3-4-8-16(14)21-22-17(11-13-24(21)2)19-18(25-22)10-9-15-7-5-12-23-20(15)19;1-14-6-3-4-7-15(14)21-22-17(11-13-24(21)2)20-16-8-5-12-23-18(16)9-10-19(20)25-22/h4-13H,1-3H3;2*3-13H,1-2H3/q3*+1/i1D3;;. The van der Waals surface area contributed by atoms with Gasteiger partial charge in [0.15, 0.2) is 18.6 Å². The van der Waals surface area contributed by atoms with Crippen molar-refractivity contribution in [2.24, 2.45) is 21.1 Å². The van der Waals surface area contributed by atoms with Crippen LogP contribution in [0.5, 0.6) is 0 Å². The molecule has 9 heteroatoms. The SMILES string of the molecule is Cc1ccccc1-c1c2sc3ccc4cccnc4c3c2cc[n+]1C.Cc1ccccc1-c1c2sc3ccc4ncccc4c3c2cc[n+]1C.[2H]C([2H])([2H])c1ccc(-c2c3sc4ccc5cccnc5c4c3cc[n+]2C)c(C)c1. The highest BCUT2D eigenvalue weighted by atomic mass is 32.1. The van der Waals surface area contributed by atoms with Gasteiger partial charge in [0.25, 0.3) is 0 Å². The molecule has 366 valence electrons. The van der Waals surface area contributed by atoms with Gasteiger partial charge in [0, 0.05) is 103 Å². The van der Waals surface area contributed by atoms with E-state index in [0.29, 0.717) is 5.56 Å². The number of fused-ring (bicyclic) bond motifs is 15. The van der Waals surface area contributed by atoms with E-state index in [9.17, 15) is 0 Å². The zero-order valence-corrected chi connectivity index (χ0v) is 45.3. The molecule has 0 spiro atoms. The van der Waals surface area contributed by atoms with Gasteiger partial charge >= 0.3 is 0 Å². The molecule has 15 rings (SSSR count). The van der Waals surface area contributed by atoms with E-state index in [1.165, 1.54) is 105 Å². The van der Waals surface area contributed by atoms with Gasteiger partial charge in [-0.2, -0.15) is 13.7 Å². The van der Waals surface area contributed by atoms with Gasteiger partial charge in [0.2, 0.25) is 17.1 Å². The van der Waals surface area contributed by atoms with Crippen molar-refractivity contribution in [3.05, 3.63) is 217 Å². The first kappa shape index (κ1) is 44.0. The van der Waals surface area contributed by atoms with Crippen LogP contribution >= 0.6 is 34.0 Å². The van der Waals surface area contributed by atoms with Gasteiger partial charge in [-0.15, -0.1) is 34.0 Å². The highest BCUT2D eigenvalue weighted by Crippen LogP contribution is 2.44. The molecule has 9 heterocycles. The number of thiophene rings is 3. The zero-order chi connectivity index (χ0) is 54.3. The van der Waals surface area contributed by atoms with E-state index in [4.69, 9.17) is 4.11 Å². The van der Waals surface area contributed by atoms with E-state index in [2.05, 4.69) is 197 Å². The summed E-state index contributed by atoms with van der Waals surface area (Å²) >= 11 is 5.49. The average Bonchev–Trinajstić information content (AvgIpc) is 4.27. The second kappa shape index (κ2) is 19.1. The summed E-state index contributed by atoms with van der Waals surface area (Å²) in [5.41, 5.74) is 14.4. The molecule has 15 aromatic rings. The van der Waals surface area contributed by atoms with Gasteiger partial charge in [0.05, 0.1) is 33.2 Å². The molecule has 0 bridgehead atoms. The Balaban J connectivity index is 0.000000113. The Morgan fingerprint density at radius 1 is 0.395 bits per heavy atom. The lowest BCUT2D eigenvalue weighted by molar-refractivity contribution is -0.659. The molecule has 76 heavy (non-hydrogen) atoms. The van der Waals surface area contributed by atoms with E-state index in [1.807, 2.05) is 79.5 Å². The van der Waals surface area contributed by atoms with Gasteiger partial charge < -0.3 is 0 Å². The lowest BCUT2D eigenvalue weighted by atomic mass is 10.0. The van der Waals surface area contributed by atoms with E-state index in [1.54, 1.807) is 23.5 Å². The number of hydrogen-bond acceptors (Lipinski definition) is 6. The van der Waals surface area contributed by atoms with Crippen LogP contribution in [0.3, 0.4) is 0 Å². The van der Waals surface area contributed by atoms with Crippen molar-refractivity contribution in [3.8, 4) is 33.8 Å². The van der Waals surface area contributed by atoms with E-state index < -0.39 is 6.85 Å². The third kappa shape index (κ3) is 7.96. The average molecular weight is 1040 g/mol. The second-order valence-electron chi connectivity index (χ2n) is 19.6. The maximum atomic E-state index is 7.69. The van der Waals surface area contributed by atoms with Crippen molar-refractivity contribution >= 4 is 127 Å². The van der Waals surface area contributed by atoms with Crippen molar-refractivity contribution in [1.29, 1.82) is 0 Å². The van der Waals surface area contributed by atoms with Crippen LogP contribution in [0.15, 0.2) is 195 Å². The summed E-state index contributed by atoms with van der Waals surface area (Å²) in [5.74, 6) is 0. The van der Waals surface area contributed by atoms with Crippen LogP contribution in [0, 0.1) is 27.6 Å². The number of nitrogens with zero attached hydrogens (tertiary/aromatic N) is 6. The Labute approximate surface area is 457 Å². The summed E-state index contributed by atoms with van der Waals surface area (Å²) in [6.45, 7) is 4.24. The summed E-state index contributed by atoms with van der Waals surface area (Å²) in [7, 11) is 6.29. The number of pyridine rings is 6. The molecule has 0 saturated carbocycles. The molecule has 6 aromatic carbocycles. The van der Waals surface area contributed by atoms with Gasteiger partial charge in [-0.3, -0.25) is 15.0 Å². The molecule has 0 radical (unpaired) electrons. The molecular weight excluding hydrogens is 985 g/mol. The molecule has 6 nitrogen and oxygen atoms in total. The van der Waals surface area contributed by atoms with Crippen LogP contribution in [-0.4, -0.2) is 15.0 Å².